The number of hydrogen-bond acceptors (Lipinski definition) is 6. The van der Waals surface area contributed by atoms with E-state index in [0.29, 0.717) is 27.0 Å². The van der Waals surface area contributed by atoms with Crippen LogP contribution >= 0.6 is 23.2 Å². The summed E-state index contributed by atoms with van der Waals surface area (Å²) in [6.07, 6.45) is 3.92. The van der Waals surface area contributed by atoms with Crippen molar-refractivity contribution >= 4 is 50.7 Å². The average molecular weight is 753 g/mol. The van der Waals surface area contributed by atoms with Crippen LogP contribution in [0.25, 0.3) is 0 Å². The summed E-state index contributed by atoms with van der Waals surface area (Å²) in [6.45, 7) is 3.05. The van der Waals surface area contributed by atoms with E-state index in [-0.39, 0.29) is 35.6 Å². The van der Waals surface area contributed by atoms with Gasteiger partial charge in [0.05, 0.1) is 24.8 Å². The molecule has 0 bridgehead atoms. The van der Waals surface area contributed by atoms with Gasteiger partial charge < -0.3 is 19.7 Å². The zero-order chi connectivity index (χ0) is 36.7. The Kier molecular flexibility index (Phi) is 12.5. The van der Waals surface area contributed by atoms with Crippen molar-refractivity contribution in [2.24, 2.45) is 0 Å². The maximum Gasteiger partial charge on any atom is 0.264 e. The van der Waals surface area contributed by atoms with Crippen LogP contribution in [0.3, 0.4) is 0 Å². The molecule has 0 heterocycles. The van der Waals surface area contributed by atoms with Crippen LogP contribution in [0.1, 0.15) is 47.9 Å². The number of nitrogens with one attached hydrogen (secondary N) is 1. The first-order valence-corrected chi connectivity index (χ1v) is 19.0. The number of sulfonamides is 1. The van der Waals surface area contributed by atoms with Crippen molar-refractivity contribution in [3.8, 4) is 11.5 Å². The number of benzene rings is 4. The number of anilines is 1. The van der Waals surface area contributed by atoms with Gasteiger partial charge in [-0.15, -0.1) is 0 Å². The number of ether oxygens (including phenoxy) is 2. The van der Waals surface area contributed by atoms with Crippen molar-refractivity contribution in [1.29, 1.82) is 0 Å². The lowest BCUT2D eigenvalue weighted by Gasteiger charge is -2.34. The van der Waals surface area contributed by atoms with E-state index in [4.69, 9.17) is 32.7 Å². The molecule has 1 aliphatic rings. The Morgan fingerprint density at radius 3 is 2.16 bits per heavy atom. The lowest BCUT2D eigenvalue weighted by Crippen LogP contribution is -2.54. The van der Waals surface area contributed by atoms with E-state index in [1.54, 1.807) is 30.3 Å². The quantitative estimate of drug-likeness (QED) is 0.143. The number of amides is 2. The number of aryl methyl sites for hydroxylation is 2. The molecule has 4 aromatic carbocycles. The summed E-state index contributed by atoms with van der Waals surface area (Å²) in [7, 11) is -1.50. The fraction of sp³-hybridized carbons (Fsp3) is 0.333. The predicted molar refractivity (Wildman–Crippen MR) is 201 cm³/mol. The summed E-state index contributed by atoms with van der Waals surface area (Å²) in [6, 6.07) is 23.0. The van der Waals surface area contributed by atoms with Crippen molar-refractivity contribution in [1.82, 2.24) is 10.2 Å². The second-order valence-corrected chi connectivity index (χ2v) is 15.5. The molecule has 0 aromatic heterocycles. The lowest BCUT2D eigenvalue weighted by molar-refractivity contribution is -0.140. The number of carbonyl (C=O) groups excluding carboxylic acids is 2. The van der Waals surface area contributed by atoms with Gasteiger partial charge in [0, 0.05) is 35.1 Å². The van der Waals surface area contributed by atoms with E-state index < -0.39 is 28.5 Å². The summed E-state index contributed by atoms with van der Waals surface area (Å²) >= 11 is 12.9. The normalized spacial score (nSPS) is 13.8. The topological polar surface area (TPSA) is 105 Å². The van der Waals surface area contributed by atoms with E-state index in [9.17, 15) is 18.0 Å². The van der Waals surface area contributed by atoms with E-state index in [0.717, 1.165) is 46.7 Å². The Labute approximate surface area is 310 Å². The number of nitrogens with zero attached hydrogens (tertiary/aromatic N) is 2. The van der Waals surface area contributed by atoms with Gasteiger partial charge in [0.2, 0.25) is 11.8 Å². The van der Waals surface area contributed by atoms with E-state index in [2.05, 4.69) is 5.32 Å². The third kappa shape index (κ3) is 9.36. The fourth-order valence-corrected chi connectivity index (χ4v) is 8.36. The predicted octanol–water partition coefficient (Wildman–Crippen LogP) is 7.52. The molecule has 1 fully saturated rings. The van der Waals surface area contributed by atoms with Gasteiger partial charge in [0.25, 0.3) is 10.0 Å². The average Bonchev–Trinajstić information content (AvgIpc) is 3.62. The summed E-state index contributed by atoms with van der Waals surface area (Å²) in [5.74, 6) is -0.332. The molecule has 1 aliphatic carbocycles. The molecule has 0 aliphatic heterocycles. The largest absolute Gasteiger partial charge is 0.493 e. The zero-order valence-corrected chi connectivity index (χ0v) is 31.5. The molecule has 4 aromatic rings. The second-order valence-electron chi connectivity index (χ2n) is 12.8. The molecule has 0 unspecified atom stereocenters. The van der Waals surface area contributed by atoms with Crippen LogP contribution in [-0.4, -0.2) is 58.0 Å². The molecule has 1 saturated carbocycles. The van der Waals surface area contributed by atoms with Crippen molar-refractivity contribution in [2.75, 3.05) is 25.1 Å². The fourth-order valence-electron chi connectivity index (χ4n) is 6.48. The minimum Gasteiger partial charge on any atom is -0.493 e. The summed E-state index contributed by atoms with van der Waals surface area (Å²) in [5, 5.41) is 3.92. The van der Waals surface area contributed by atoms with Crippen molar-refractivity contribution in [2.45, 2.75) is 69.5 Å². The molecule has 51 heavy (non-hydrogen) atoms. The molecule has 9 nitrogen and oxygen atoms in total. The first-order valence-electron chi connectivity index (χ1n) is 16.8. The van der Waals surface area contributed by atoms with Gasteiger partial charge >= 0.3 is 0 Å². The number of halogens is 2. The van der Waals surface area contributed by atoms with Gasteiger partial charge in [-0.1, -0.05) is 78.5 Å². The molecule has 0 radical (unpaired) electrons. The van der Waals surface area contributed by atoms with Gasteiger partial charge in [-0.25, -0.2) is 8.42 Å². The van der Waals surface area contributed by atoms with Crippen LogP contribution in [0.2, 0.25) is 10.0 Å². The molecule has 2 amide bonds. The zero-order valence-electron chi connectivity index (χ0n) is 29.2. The molecule has 1 N–H and O–H groups in total. The minimum absolute atomic E-state index is 0.0101. The number of rotatable bonds is 14. The minimum atomic E-state index is -4.38. The SMILES string of the molecule is COc1ccc(S(=O)(=O)N(CC(=O)N(Cc2ccc(Cl)cc2Cl)[C@@H](Cc2ccccc2)C(=O)NC2CCCC2)c2cc(C)cc(C)c2)cc1OC. The van der Waals surface area contributed by atoms with Crippen LogP contribution < -0.4 is 19.1 Å². The van der Waals surface area contributed by atoms with Gasteiger partial charge in [-0.2, -0.15) is 0 Å². The van der Waals surface area contributed by atoms with Crippen molar-refractivity contribution < 1.29 is 27.5 Å². The lowest BCUT2D eigenvalue weighted by atomic mass is 10.0. The maximum atomic E-state index is 14.9. The Balaban J connectivity index is 1.62. The van der Waals surface area contributed by atoms with Crippen LogP contribution in [-0.2, 0) is 32.6 Å². The van der Waals surface area contributed by atoms with Crippen LogP contribution in [0.5, 0.6) is 11.5 Å². The third-order valence-electron chi connectivity index (χ3n) is 9.04. The van der Waals surface area contributed by atoms with Crippen molar-refractivity contribution in [3.05, 3.63) is 117 Å². The molecule has 5 rings (SSSR count). The summed E-state index contributed by atoms with van der Waals surface area (Å²) in [4.78, 5) is 30.5. The second kappa shape index (κ2) is 16.8. The number of methoxy groups -OCH3 is 2. The molecular formula is C39H43Cl2N3O6S. The Morgan fingerprint density at radius 1 is 0.863 bits per heavy atom. The van der Waals surface area contributed by atoms with E-state index in [1.807, 2.05) is 50.2 Å². The Morgan fingerprint density at radius 2 is 1.53 bits per heavy atom. The van der Waals surface area contributed by atoms with Crippen molar-refractivity contribution in [3.63, 3.8) is 0 Å². The molecule has 0 saturated heterocycles. The Hall–Kier alpha value is -4.25. The first kappa shape index (κ1) is 38.0. The smallest absolute Gasteiger partial charge is 0.264 e. The maximum absolute atomic E-state index is 14.9. The van der Waals surface area contributed by atoms with E-state index in [1.165, 1.54) is 37.3 Å². The van der Waals surface area contributed by atoms with Gasteiger partial charge in [-0.05, 0) is 85.3 Å². The summed E-state index contributed by atoms with van der Waals surface area (Å²) < 4.78 is 41.0. The standard InChI is InChI=1S/C39H43Cl2N3O6S/c1-26-18-27(2)20-32(19-26)44(51(47,48)33-16-17-36(49-3)37(23-33)50-4)25-38(45)43(24-29-14-15-30(40)22-34(29)41)35(21-28-10-6-5-7-11-28)39(46)42-31-12-8-9-13-31/h5-7,10-11,14-20,22-23,31,35H,8-9,12-13,21,24-25H2,1-4H3,(H,42,46)/t35-/m0/s1. The highest BCUT2D eigenvalue weighted by atomic mass is 35.5. The summed E-state index contributed by atoms with van der Waals surface area (Å²) in [5.41, 5.74) is 3.32. The van der Waals surface area contributed by atoms with Crippen LogP contribution in [0.15, 0.2) is 89.8 Å². The first-order chi connectivity index (χ1) is 24.4. The highest BCUT2D eigenvalue weighted by Crippen LogP contribution is 2.33. The van der Waals surface area contributed by atoms with E-state index >= 15 is 0 Å². The third-order valence-corrected chi connectivity index (χ3v) is 11.4. The monoisotopic (exact) mass is 751 g/mol. The van der Waals surface area contributed by atoms with Gasteiger partial charge in [0.15, 0.2) is 11.5 Å². The number of hydrogen-bond donors (Lipinski definition) is 1. The molecular weight excluding hydrogens is 709 g/mol. The van der Waals surface area contributed by atoms with Crippen LogP contribution in [0.4, 0.5) is 5.69 Å². The Bertz CT molecular complexity index is 1950. The van der Waals surface area contributed by atoms with Gasteiger partial charge in [-0.3, -0.25) is 13.9 Å². The highest BCUT2D eigenvalue weighted by Gasteiger charge is 2.36. The molecule has 0 spiro atoms. The number of carbonyl (C=O) groups is 2. The molecule has 270 valence electrons. The van der Waals surface area contributed by atoms with Gasteiger partial charge in [0.1, 0.15) is 12.6 Å². The molecule has 12 heteroatoms. The molecule has 1 atom stereocenters. The highest BCUT2D eigenvalue weighted by molar-refractivity contribution is 7.92. The van der Waals surface area contributed by atoms with Crippen LogP contribution in [0, 0.1) is 13.8 Å².